The zero-order valence-corrected chi connectivity index (χ0v) is 13.1. The third kappa shape index (κ3) is 2.90. The van der Waals surface area contributed by atoms with Crippen molar-refractivity contribution in [3.05, 3.63) is 48.0 Å². The zero-order valence-electron chi connectivity index (χ0n) is 13.1. The van der Waals surface area contributed by atoms with Crippen LogP contribution in [0.5, 0.6) is 0 Å². The van der Waals surface area contributed by atoms with Crippen molar-refractivity contribution in [2.45, 2.75) is 6.04 Å². The van der Waals surface area contributed by atoms with E-state index in [4.69, 9.17) is 5.11 Å². The van der Waals surface area contributed by atoms with E-state index < -0.39 is 6.09 Å². The molecule has 1 aromatic carbocycles. The van der Waals surface area contributed by atoms with Gasteiger partial charge >= 0.3 is 6.09 Å². The Morgan fingerprint density at radius 1 is 1.20 bits per heavy atom. The van der Waals surface area contributed by atoms with Gasteiger partial charge < -0.3 is 15.3 Å². The van der Waals surface area contributed by atoms with Gasteiger partial charge in [0.25, 0.3) is 5.91 Å². The molecule has 1 aromatic heterocycles. The summed E-state index contributed by atoms with van der Waals surface area (Å²) in [6.07, 6.45) is 1.90. The van der Waals surface area contributed by atoms with Crippen molar-refractivity contribution in [2.75, 3.05) is 13.1 Å². The van der Waals surface area contributed by atoms with Gasteiger partial charge in [-0.2, -0.15) is 0 Å². The van der Waals surface area contributed by atoms with Gasteiger partial charge in [-0.25, -0.2) is 19.2 Å². The number of likely N-dealkylation sites (tertiary alicyclic amines) is 1. The van der Waals surface area contributed by atoms with Crippen molar-refractivity contribution in [2.24, 2.45) is 11.8 Å². The molecule has 1 aliphatic carbocycles. The third-order valence-corrected chi connectivity index (χ3v) is 4.76. The summed E-state index contributed by atoms with van der Waals surface area (Å²) in [4.78, 5) is 32.8. The van der Waals surface area contributed by atoms with Gasteiger partial charge in [0, 0.05) is 48.9 Å². The van der Waals surface area contributed by atoms with Crippen molar-refractivity contribution in [1.82, 2.24) is 20.2 Å². The van der Waals surface area contributed by atoms with Crippen LogP contribution in [0.1, 0.15) is 10.4 Å². The molecule has 2 heterocycles. The number of carboxylic acid groups (broad SMARTS) is 1. The summed E-state index contributed by atoms with van der Waals surface area (Å²) in [6.45, 7) is 0.917. The van der Waals surface area contributed by atoms with Gasteiger partial charge in [-0.3, -0.25) is 4.79 Å². The maximum absolute atomic E-state index is 13.2. The smallest absolute Gasteiger partial charge is 0.407 e. The molecule has 128 valence electrons. The predicted molar refractivity (Wildman–Crippen MR) is 85.3 cm³/mol. The van der Waals surface area contributed by atoms with Crippen LogP contribution < -0.4 is 5.32 Å². The highest BCUT2D eigenvalue weighted by molar-refractivity contribution is 5.94. The molecule has 1 saturated heterocycles. The summed E-state index contributed by atoms with van der Waals surface area (Å²) in [7, 11) is 0. The molecule has 2 atom stereocenters. The molecule has 2 fully saturated rings. The number of rotatable bonds is 3. The van der Waals surface area contributed by atoms with Crippen LogP contribution >= 0.6 is 0 Å². The number of carbonyl (C=O) groups is 2. The molecule has 2 aromatic rings. The van der Waals surface area contributed by atoms with E-state index in [1.165, 1.54) is 29.4 Å². The van der Waals surface area contributed by atoms with Crippen molar-refractivity contribution in [3.63, 3.8) is 0 Å². The fourth-order valence-electron chi connectivity index (χ4n) is 3.35. The summed E-state index contributed by atoms with van der Waals surface area (Å²) >= 11 is 0. The van der Waals surface area contributed by atoms with Gasteiger partial charge in [-0.1, -0.05) is 12.1 Å². The van der Waals surface area contributed by atoms with E-state index in [-0.39, 0.29) is 29.6 Å². The summed E-state index contributed by atoms with van der Waals surface area (Å²) in [5.74, 6) is 0.0576. The van der Waals surface area contributed by atoms with Crippen molar-refractivity contribution < 1.29 is 19.1 Å². The number of fused-ring (bicyclic) bond motifs is 1. The van der Waals surface area contributed by atoms with Gasteiger partial charge in [-0.15, -0.1) is 0 Å². The molecular formula is C17H15FN4O3. The Labute approximate surface area is 142 Å². The first kappa shape index (κ1) is 15.5. The molecule has 1 aliphatic heterocycles. The van der Waals surface area contributed by atoms with Crippen molar-refractivity contribution in [3.8, 4) is 11.4 Å². The second-order valence-electron chi connectivity index (χ2n) is 6.32. The van der Waals surface area contributed by atoms with Gasteiger partial charge in [0.2, 0.25) is 0 Å². The first-order valence-corrected chi connectivity index (χ1v) is 7.89. The van der Waals surface area contributed by atoms with Crippen LogP contribution in [0.3, 0.4) is 0 Å². The first-order chi connectivity index (χ1) is 12.0. The van der Waals surface area contributed by atoms with Crippen LogP contribution in [-0.2, 0) is 0 Å². The SMILES string of the molecule is O=C(NC1C2CN(C(=O)O)CC21)c1cnc(-c2cccc(F)c2)nc1. The molecule has 2 N–H and O–H groups in total. The molecule has 25 heavy (non-hydrogen) atoms. The molecule has 2 aliphatic rings. The lowest BCUT2D eigenvalue weighted by Crippen LogP contribution is -2.36. The average Bonchev–Trinajstić information content (AvgIpc) is 3.04. The van der Waals surface area contributed by atoms with Crippen LogP contribution in [0, 0.1) is 17.7 Å². The standard InChI is InChI=1S/C17H15FN4O3/c18-11-3-1-2-9(4-11)15-19-5-10(6-20-15)16(23)21-14-12-7-22(17(24)25)8-13(12)14/h1-6,12-14H,7-8H2,(H,21,23)(H,24,25). The molecule has 0 radical (unpaired) electrons. The fraction of sp³-hybridized carbons (Fsp3) is 0.294. The Balaban J connectivity index is 1.38. The van der Waals surface area contributed by atoms with Gasteiger partial charge in [0.1, 0.15) is 5.82 Å². The highest BCUT2D eigenvalue weighted by atomic mass is 19.1. The van der Waals surface area contributed by atoms with Crippen LogP contribution in [0.4, 0.5) is 9.18 Å². The van der Waals surface area contributed by atoms with Crippen LogP contribution in [0.2, 0.25) is 0 Å². The number of hydrogen-bond acceptors (Lipinski definition) is 4. The highest BCUT2D eigenvalue weighted by Crippen LogP contribution is 2.45. The lowest BCUT2D eigenvalue weighted by atomic mass is 10.2. The minimum atomic E-state index is -0.918. The highest BCUT2D eigenvalue weighted by Gasteiger charge is 2.57. The van der Waals surface area contributed by atoms with Crippen LogP contribution in [0.15, 0.2) is 36.7 Å². The number of nitrogens with zero attached hydrogens (tertiary/aromatic N) is 3. The number of piperidine rings is 1. The Morgan fingerprint density at radius 2 is 1.88 bits per heavy atom. The molecule has 7 nitrogen and oxygen atoms in total. The monoisotopic (exact) mass is 342 g/mol. The zero-order chi connectivity index (χ0) is 17.6. The lowest BCUT2D eigenvalue weighted by molar-refractivity contribution is 0.0942. The van der Waals surface area contributed by atoms with Crippen molar-refractivity contribution >= 4 is 12.0 Å². The fourth-order valence-corrected chi connectivity index (χ4v) is 3.35. The number of aromatic nitrogens is 2. The number of amides is 2. The number of halogens is 1. The largest absolute Gasteiger partial charge is 0.465 e. The van der Waals surface area contributed by atoms with Crippen LogP contribution in [0.25, 0.3) is 11.4 Å². The van der Waals surface area contributed by atoms with E-state index >= 15 is 0 Å². The van der Waals surface area contributed by atoms with E-state index in [1.807, 2.05) is 0 Å². The Hall–Kier alpha value is -3.03. The number of nitrogens with one attached hydrogen (secondary N) is 1. The quantitative estimate of drug-likeness (QED) is 0.884. The molecule has 8 heteroatoms. The number of carbonyl (C=O) groups excluding carboxylic acids is 1. The third-order valence-electron chi connectivity index (χ3n) is 4.76. The maximum Gasteiger partial charge on any atom is 0.407 e. The summed E-state index contributed by atoms with van der Waals surface area (Å²) in [6, 6.07) is 5.93. The van der Waals surface area contributed by atoms with E-state index in [0.29, 0.717) is 30.0 Å². The second kappa shape index (κ2) is 5.80. The molecule has 2 amide bonds. The van der Waals surface area contributed by atoms with Gasteiger partial charge in [-0.05, 0) is 12.1 Å². The van der Waals surface area contributed by atoms with E-state index in [2.05, 4.69) is 15.3 Å². The minimum absolute atomic E-state index is 0.00555. The molecule has 0 bridgehead atoms. The summed E-state index contributed by atoms with van der Waals surface area (Å²) < 4.78 is 13.2. The van der Waals surface area contributed by atoms with E-state index in [1.54, 1.807) is 12.1 Å². The summed E-state index contributed by atoms with van der Waals surface area (Å²) in [5, 5.41) is 11.8. The number of hydrogen-bond donors (Lipinski definition) is 2. The van der Waals surface area contributed by atoms with E-state index in [9.17, 15) is 14.0 Å². The Morgan fingerprint density at radius 3 is 2.48 bits per heavy atom. The predicted octanol–water partition coefficient (Wildman–Crippen LogP) is 1.62. The molecule has 1 saturated carbocycles. The van der Waals surface area contributed by atoms with Gasteiger partial charge in [0.15, 0.2) is 5.82 Å². The van der Waals surface area contributed by atoms with Gasteiger partial charge in [0.05, 0.1) is 5.56 Å². The average molecular weight is 342 g/mol. The normalized spacial score (nSPS) is 23.9. The van der Waals surface area contributed by atoms with Crippen molar-refractivity contribution in [1.29, 1.82) is 0 Å². The Kier molecular flexibility index (Phi) is 3.60. The Bertz CT molecular complexity index is 830. The first-order valence-electron chi connectivity index (χ1n) is 7.89. The topological polar surface area (TPSA) is 95.4 Å². The van der Waals surface area contributed by atoms with E-state index in [0.717, 1.165) is 0 Å². The second-order valence-corrected chi connectivity index (χ2v) is 6.32. The minimum Gasteiger partial charge on any atom is -0.465 e. The molecule has 4 rings (SSSR count). The maximum atomic E-state index is 13.2. The summed E-state index contributed by atoms with van der Waals surface area (Å²) in [5.41, 5.74) is 0.859. The molecule has 0 spiro atoms. The molecular weight excluding hydrogens is 327 g/mol. The van der Waals surface area contributed by atoms with Crippen LogP contribution in [-0.4, -0.2) is 51.1 Å². The lowest BCUT2D eigenvalue weighted by Gasteiger charge is -2.16. The molecule has 2 unspecified atom stereocenters. The number of benzene rings is 1.